The standard InChI is InChI=1S/C21H17NO4/c1-2-25-21(24)18-12-17(23)19-20(26-18)15-10-6-7-11-16(15)22(19)13-14-8-4-3-5-9-14/h3-12H,2,13H2,1H3. The average Bonchev–Trinajstić information content (AvgIpc) is 2.97. The average molecular weight is 347 g/mol. The number of nitrogens with zero attached hydrogens (tertiary/aromatic N) is 1. The Kier molecular flexibility index (Phi) is 4.05. The van der Waals surface area contributed by atoms with Crippen LogP contribution in [-0.4, -0.2) is 17.1 Å². The van der Waals surface area contributed by atoms with Crippen LogP contribution in [0.25, 0.3) is 22.0 Å². The van der Waals surface area contributed by atoms with E-state index in [9.17, 15) is 9.59 Å². The number of benzene rings is 2. The van der Waals surface area contributed by atoms with Crippen LogP contribution in [-0.2, 0) is 11.3 Å². The van der Waals surface area contributed by atoms with E-state index in [1.54, 1.807) is 6.92 Å². The summed E-state index contributed by atoms with van der Waals surface area (Å²) in [5.74, 6) is -0.710. The van der Waals surface area contributed by atoms with Crippen molar-refractivity contribution in [3.05, 3.63) is 82.2 Å². The van der Waals surface area contributed by atoms with E-state index in [1.165, 1.54) is 6.07 Å². The topological polar surface area (TPSA) is 61.4 Å². The summed E-state index contributed by atoms with van der Waals surface area (Å²) in [4.78, 5) is 24.8. The number of hydrogen-bond donors (Lipinski definition) is 0. The SMILES string of the molecule is CCOC(=O)c1cc(=O)c2c(o1)c1ccccc1n2Cc1ccccc1. The lowest BCUT2D eigenvalue weighted by Gasteiger charge is -2.07. The molecule has 0 unspecified atom stereocenters. The Hall–Kier alpha value is -3.34. The highest BCUT2D eigenvalue weighted by Crippen LogP contribution is 2.28. The van der Waals surface area contributed by atoms with Crippen molar-refractivity contribution in [3.8, 4) is 0 Å². The van der Waals surface area contributed by atoms with E-state index in [1.807, 2.05) is 59.2 Å². The van der Waals surface area contributed by atoms with Gasteiger partial charge in [0.05, 0.1) is 12.1 Å². The van der Waals surface area contributed by atoms with Gasteiger partial charge in [-0.3, -0.25) is 4.79 Å². The molecule has 0 spiro atoms. The summed E-state index contributed by atoms with van der Waals surface area (Å²) in [5, 5.41) is 0.793. The maximum absolute atomic E-state index is 12.8. The summed E-state index contributed by atoms with van der Waals surface area (Å²) < 4.78 is 12.7. The Morgan fingerprint density at radius 1 is 1.08 bits per heavy atom. The van der Waals surface area contributed by atoms with Gasteiger partial charge in [0.25, 0.3) is 0 Å². The minimum absolute atomic E-state index is 0.0769. The van der Waals surface area contributed by atoms with Gasteiger partial charge in [0.1, 0.15) is 5.52 Å². The molecule has 5 nitrogen and oxygen atoms in total. The molecule has 0 saturated heterocycles. The minimum Gasteiger partial charge on any atom is -0.460 e. The normalized spacial score (nSPS) is 11.1. The van der Waals surface area contributed by atoms with Gasteiger partial charge in [0.15, 0.2) is 5.58 Å². The molecule has 2 aromatic heterocycles. The van der Waals surface area contributed by atoms with Gasteiger partial charge < -0.3 is 13.7 Å². The zero-order valence-corrected chi connectivity index (χ0v) is 14.3. The number of hydrogen-bond acceptors (Lipinski definition) is 4. The van der Waals surface area contributed by atoms with Gasteiger partial charge in [-0.25, -0.2) is 4.79 Å². The minimum atomic E-state index is -0.633. The molecule has 130 valence electrons. The molecule has 0 bridgehead atoms. The van der Waals surface area contributed by atoms with Crippen LogP contribution in [0.2, 0.25) is 0 Å². The first kappa shape index (κ1) is 16.1. The third-order valence-corrected chi connectivity index (χ3v) is 4.29. The molecule has 0 saturated carbocycles. The fourth-order valence-electron chi connectivity index (χ4n) is 3.18. The highest BCUT2D eigenvalue weighted by Gasteiger charge is 2.20. The van der Waals surface area contributed by atoms with Crippen LogP contribution >= 0.6 is 0 Å². The molecule has 0 aliphatic carbocycles. The number of esters is 1. The molecule has 0 aliphatic heterocycles. The van der Waals surface area contributed by atoms with Crippen LogP contribution in [0.1, 0.15) is 23.0 Å². The molecule has 0 N–H and O–H groups in total. The summed E-state index contributed by atoms with van der Waals surface area (Å²) >= 11 is 0. The molecule has 0 atom stereocenters. The van der Waals surface area contributed by atoms with Crippen molar-refractivity contribution in [2.24, 2.45) is 0 Å². The molecule has 0 radical (unpaired) electrons. The van der Waals surface area contributed by atoms with Crippen molar-refractivity contribution in [2.45, 2.75) is 13.5 Å². The predicted molar refractivity (Wildman–Crippen MR) is 99.5 cm³/mol. The van der Waals surface area contributed by atoms with E-state index in [4.69, 9.17) is 9.15 Å². The molecule has 0 amide bonds. The number of carbonyl (C=O) groups excluding carboxylic acids is 1. The van der Waals surface area contributed by atoms with Crippen LogP contribution in [0.4, 0.5) is 0 Å². The van der Waals surface area contributed by atoms with Crippen molar-refractivity contribution in [2.75, 3.05) is 6.61 Å². The molecule has 0 aliphatic rings. The summed E-state index contributed by atoms with van der Waals surface area (Å²) in [6, 6.07) is 18.7. The summed E-state index contributed by atoms with van der Waals surface area (Å²) in [7, 11) is 0. The quantitative estimate of drug-likeness (QED) is 0.524. The molecule has 5 heteroatoms. The third kappa shape index (κ3) is 2.67. The van der Waals surface area contributed by atoms with E-state index in [0.29, 0.717) is 17.6 Å². The zero-order chi connectivity index (χ0) is 18.1. The predicted octanol–water partition coefficient (Wildman–Crippen LogP) is 3.97. The Morgan fingerprint density at radius 2 is 1.81 bits per heavy atom. The molecular formula is C21H17NO4. The second-order valence-corrected chi connectivity index (χ2v) is 5.96. The van der Waals surface area contributed by atoms with Gasteiger partial charge in [0.2, 0.25) is 11.2 Å². The van der Waals surface area contributed by atoms with Crippen LogP contribution in [0, 0.1) is 0 Å². The van der Waals surface area contributed by atoms with Gasteiger partial charge in [-0.2, -0.15) is 0 Å². The van der Waals surface area contributed by atoms with E-state index in [0.717, 1.165) is 16.5 Å². The lowest BCUT2D eigenvalue weighted by atomic mass is 10.2. The van der Waals surface area contributed by atoms with Gasteiger partial charge >= 0.3 is 5.97 Å². The van der Waals surface area contributed by atoms with Gasteiger partial charge in [-0.15, -0.1) is 0 Å². The molecule has 2 heterocycles. The molecule has 2 aromatic carbocycles. The van der Waals surface area contributed by atoms with Gasteiger partial charge in [0, 0.05) is 18.0 Å². The smallest absolute Gasteiger partial charge is 0.374 e. The highest BCUT2D eigenvalue weighted by atomic mass is 16.5. The molecule has 26 heavy (non-hydrogen) atoms. The van der Waals surface area contributed by atoms with Gasteiger partial charge in [-0.05, 0) is 24.6 Å². The third-order valence-electron chi connectivity index (χ3n) is 4.29. The molecule has 4 aromatic rings. The fourth-order valence-corrected chi connectivity index (χ4v) is 3.18. The number of ether oxygens (including phenoxy) is 1. The van der Waals surface area contributed by atoms with Crippen LogP contribution in [0.3, 0.4) is 0 Å². The lowest BCUT2D eigenvalue weighted by molar-refractivity contribution is 0.0491. The first-order valence-electron chi connectivity index (χ1n) is 8.45. The van der Waals surface area contributed by atoms with E-state index < -0.39 is 5.97 Å². The summed E-state index contributed by atoms with van der Waals surface area (Å²) in [6.07, 6.45) is 0. The summed E-state index contributed by atoms with van der Waals surface area (Å²) in [5.41, 5.74) is 2.55. The van der Waals surface area contributed by atoms with Gasteiger partial charge in [-0.1, -0.05) is 42.5 Å². The van der Waals surface area contributed by atoms with Crippen molar-refractivity contribution < 1.29 is 13.9 Å². The van der Waals surface area contributed by atoms with Crippen LogP contribution in [0.5, 0.6) is 0 Å². The number of fused-ring (bicyclic) bond motifs is 3. The number of para-hydroxylation sites is 1. The van der Waals surface area contributed by atoms with Crippen molar-refractivity contribution >= 4 is 28.0 Å². The van der Waals surface area contributed by atoms with Crippen LogP contribution < -0.4 is 5.43 Å². The van der Waals surface area contributed by atoms with Crippen molar-refractivity contribution in [1.29, 1.82) is 0 Å². The van der Waals surface area contributed by atoms with Crippen molar-refractivity contribution in [3.63, 3.8) is 0 Å². The van der Waals surface area contributed by atoms with E-state index in [2.05, 4.69) is 0 Å². The maximum Gasteiger partial charge on any atom is 0.374 e. The first-order valence-corrected chi connectivity index (χ1v) is 8.45. The van der Waals surface area contributed by atoms with Crippen LogP contribution in [0.15, 0.2) is 69.9 Å². The molecular weight excluding hydrogens is 330 g/mol. The maximum atomic E-state index is 12.8. The Morgan fingerprint density at radius 3 is 2.58 bits per heavy atom. The van der Waals surface area contributed by atoms with E-state index >= 15 is 0 Å². The largest absolute Gasteiger partial charge is 0.460 e. The monoisotopic (exact) mass is 347 g/mol. The lowest BCUT2D eigenvalue weighted by Crippen LogP contribution is -2.12. The Balaban J connectivity index is 1.99. The first-order chi connectivity index (χ1) is 12.7. The fraction of sp³-hybridized carbons (Fsp3) is 0.143. The molecule has 0 fully saturated rings. The number of carbonyl (C=O) groups is 1. The summed E-state index contributed by atoms with van der Waals surface area (Å²) in [6.45, 7) is 2.46. The van der Waals surface area contributed by atoms with E-state index in [-0.39, 0.29) is 17.8 Å². The number of rotatable bonds is 4. The molecule has 4 rings (SSSR count). The Bertz CT molecular complexity index is 1160. The second kappa shape index (κ2) is 6.52. The zero-order valence-electron chi connectivity index (χ0n) is 14.3. The van der Waals surface area contributed by atoms with Crippen molar-refractivity contribution in [1.82, 2.24) is 4.57 Å². The Labute approximate surface area is 149 Å². The highest BCUT2D eigenvalue weighted by molar-refractivity contribution is 6.05. The number of aromatic nitrogens is 1. The second-order valence-electron chi connectivity index (χ2n) is 5.96.